The molecule has 0 fully saturated rings. The van der Waals surface area contributed by atoms with Crippen LogP contribution >= 0.6 is 0 Å². The minimum absolute atomic E-state index is 0.144. The van der Waals surface area contributed by atoms with Crippen LogP contribution in [0.15, 0.2) is 11.8 Å². The van der Waals surface area contributed by atoms with Gasteiger partial charge in [0, 0.05) is 12.1 Å². The maximum absolute atomic E-state index is 10.5. The van der Waals surface area contributed by atoms with E-state index in [0.717, 1.165) is 12.1 Å². The third-order valence-corrected chi connectivity index (χ3v) is 1.16. The summed E-state index contributed by atoms with van der Waals surface area (Å²) in [6, 6.07) is 0. The van der Waals surface area contributed by atoms with Gasteiger partial charge in [-0.05, 0) is 13.3 Å². The molecule has 1 aliphatic heterocycles. The first kappa shape index (κ1) is 5.35. The van der Waals surface area contributed by atoms with E-state index >= 15 is 0 Å². The molecule has 2 nitrogen and oxygen atoms in total. The Kier molecular flexibility index (Phi) is 1.33. The minimum Gasteiger partial charge on any atom is -0.330 e. The number of hydrogen-bond acceptors (Lipinski definition) is 1. The fraction of sp³-hybridized carbons (Fsp3) is 0.500. The van der Waals surface area contributed by atoms with E-state index in [0.29, 0.717) is 6.42 Å². The van der Waals surface area contributed by atoms with Gasteiger partial charge in [-0.2, -0.15) is 0 Å². The van der Waals surface area contributed by atoms with Gasteiger partial charge in [0.25, 0.3) is 0 Å². The smallest absolute Gasteiger partial charge is 0.224 e. The highest BCUT2D eigenvalue weighted by molar-refractivity contribution is 5.78. The third kappa shape index (κ3) is 1.09. The molecule has 0 saturated heterocycles. The van der Waals surface area contributed by atoms with E-state index in [4.69, 9.17) is 0 Å². The van der Waals surface area contributed by atoms with Crippen molar-refractivity contribution in [2.24, 2.45) is 0 Å². The highest BCUT2D eigenvalue weighted by Crippen LogP contribution is 2.01. The zero-order chi connectivity index (χ0) is 5.98. The van der Waals surface area contributed by atoms with Crippen LogP contribution in [0.25, 0.3) is 0 Å². The molecule has 0 aromatic carbocycles. The van der Waals surface area contributed by atoms with Gasteiger partial charge in [-0.3, -0.25) is 4.79 Å². The van der Waals surface area contributed by atoms with Gasteiger partial charge < -0.3 is 5.32 Å². The molecular formula is C6H9NO. The number of hydrogen-bond donors (Lipinski definition) is 1. The normalized spacial score (nSPS) is 19.6. The molecule has 1 amide bonds. The van der Waals surface area contributed by atoms with E-state index in [1.165, 1.54) is 0 Å². The summed E-state index contributed by atoms with van der Waals surface area (Å²) in [7, 11) is 0. The number of carbonyl (C=O) groups excluding carboxylic acids is 1. The highest BCUT2D eigenvalue weighted by Gasteiger charge is 2.04. The van der Waals surface area contributed by atoms with Gasteiger partial charge in [0.2, 0.25) is 5.91 Å². The zero-order valence-corrected chi connectivity index (χ0v) is 4.90. The molecule has 0 unspecified atom stereocenters. The lowest BCUT2D eigenvalue weighted by Crippen LogP contribution is -2.23. The summed E-state index contributed by atoms with van der Waals surface area (Å²) in [5.74, 6) is 0.144. The molecule has 1 heterocycles. The number of nitrogens with one attached hydrogen (secondary N) is 1. The van der Waals surface area contributed by atoms with Gasteiger partial charge in [0.05, 0.1) is 0 Å². The molecule has 0 aromatic rings. The summed E-state index contributed by atoms with van der Waals surface area (Å²) < 4.78 is 0. The number of carbonyl (C=O) groups is 1. The lowest BCUT2D eigenvalue weighted by Gasteiger charge is -2.08. The monoisotopic (exact) mass is 111 g/mol. The Bertz CT molecular complexity index is 137. The van der Waals surface area contributed by atoms with E-state index in [9.17, 15) is 4.79 Å². The summed E-state index contributed by atoms with van der Waals surface area (Å²) in [5.41, 5.74) is 0.987. The second-order valence-electron chi connectivity index (χ2n) is 1.97. The third-order valence-electron chi connectivity index (χ3n) is 1.16. The Morgan fingerprint density at radius 2 is 2.50 bits per heavy atom. The van der Waals surface area contributed by atoms with Crippen molar-refractivity contribution in [3.05, 3.63) is 11.8 Å². The first-order valence-electron chi connectivity index (χ1n) is 2.75. The second-order valence-corrected chi connectivity index (χ2v) is 1.97. The van der Waals surface area contributed by atoms with Crippen molar-refractivity contribution in [1.29, 1.82) is 0 Å². The average molecular weight is 111 g/mol. The molecule has 0 aliphatic carbocycles. The summed E-state index contributed by atoms with van der Waals surface area (Å²) in [6.45, 7) is 1.90. The van der Waals surface area contributed by atoms with Gasteiger partial charge in [-0.25, -0.2) is 0 Å². The maximum atomic E-state index is 10.5. The van der Waals surface area contributed by atoms with Crippen molar-refractivity contribution in [1.82, 2.24) is 5.32 Å². The van der Waals surface area contributed by atoms with E-state index in [1.807, 2.05) is 13.0 Å². The molecule has 44 valence electrons. The van der Waals surface area contributed by atoms with Crippen LogP contribution in [0.2, 0.25) is 0 Å². The fourth-order valence-electron chi connectivity index (χ4n) is 0.753. The van der Waals surface area contributed by atoms with Gasteiger partial charge in [-0.15, -0.1) is 0 Å². The van der Waals surface area contributed by atoms with Crippen molar-refractivity contribution in [3.63, 3.8) is 0 Å². The predicted molar refractivity (Wildman–Crippen MR) is 31.1 cm³/mol. The number of allylic oxidation sites excluding steroid dienone is 2. The van der Waals surface area contributed by atoms with Gasteiger partial charge in [0.15, 0.2) is 0 Å². The van der Waals surface area contributed by atoms with Gasteiger partial charge in [0.1, 0.15) is 0 Å². The Morgan fingerprint density at radius 3 is 2.88 bits per heavy atom. The van der Waals surface area contributed by atoms with Crippen LogP contribution in [0.4, 0.5) is 0 Å². The van der Waals surface area contributed by atoms with E-state index < -0.39 is 0 Å². The topological polar surface area (TPSA) is 29.1 Å². The molecule has 0 aromatic heterocycles. The number of amides is 1. The van der Waals surface area contributed by atoms with E-state index in [2.05, 4.69) is 5.32 Å². The van der Waals surface area contributed by atoms with E-state index in [-0.39, 0.29) is 5.91 Å². The molecule has 8 heavy (non-hydrogen) atoms. The van der Waals surface area contributed by atoms with Crippen LogP contribution in [0, 0.1) is 0 Å². The Labute approximate surface area is 48.6 Å². The first-order valence-corrected chi connectivity index (χ1v) is 2.75. The largest absolute Gasteiger partial charge is 0.330 e. The molecule has 0 saturated carbocycles. The van der Waals surface area contributed by atoms with Crippen LogP contribution in [0.1, 0.15) is 19.8 Å². The van der Waals surface area contributed by atoms with Crippen LogP contribution in [0.5, 0.6) is 0 Å². The van der Waals surface area contributed by atoms with Gasteiger partial charge >= 0.3 is 0 Å². The molecule has 2 heteroatoms. The van der Waals surface area contributed by atoms with Crippen LogP contribution in [-0.4, -0.2) is 5.91 Å². The molecule has 1 N–H and O–H groups in total. The van der Waals surface area contributed by atoms with Crippen LogP contribution in [0.3, 0.4) is 0 Å². The summed E-state index contributed by atoms with van der Waals surface area (Å²) >= 11 is 0. The minimum atomic E-state index is 0.144. The molecular weight excluding hydrogens is 102 g/mol. The Morgan fingerprint density at radius 1 is 1.75 bits per heavy atom. The number of rotatable bonds is 0. The fourth-order valence-corrected chi connectivity index (χ4v) is 0.753. The Balaban J connectivity index is 2.57. The lowest BCUT2D eigenvalue weighted by atomic mass is 10.2. The lowest BCUT2D eigenvalue weighted by molar-refractivity contribution is -0.120. The van der Waals surface area contributed by atoms with Crippen molar-refractivity contribution < 1.29 is 4.79 Å². The van der Waals surface area contributed by atoms with Crippen molar-refractivity contribution in [3.8, 4) is 0 Å². The van der Waals surface area contributed by atoms with Crippen molar-refractivity contribution in [2.45, 2.75) is 19.8 Å². The summed E-state index contributed by atoms with van der Waals surface area (Å²) in [4.78, 5) is 10.5. The second kappa shape index (κ2) is 1.99. The molecule has 0 spiro atoms. The zero-order valence-electron chi connectivity index (χ0n) is 4.90. The maximum Gasteiger partial charge on any atom is 0.224 e. The van der Waals surface area contributed by atoms with Crippen LogP contribution in [-0.2, 0) is 4.79 Å². The molecule has 0 bridgehead atoms. The molecule has 1 aliphatic rings. The molecule has 1 rings (SSSR count). The summed E-state index contributed by atoms with van der Waals surface area (Å²) in [6.07, 6.45) is 3.58. The molecule has 0 atom stereocenters. The predicted octanol–water partition coefficient (Wildman–Crippen LogP) is 0.800. The summed E-state index contributed by atoms with van der Waals surface area (Å²) in [5, 5.41) is 2.70. The van der Waals surface area contributed by atoms with Crippen LogP contribution < -0.4 is 5.32 Å². The standard InChI is InChI=1S/C6H9NO/c1-5-3-2-4-6(8)7-5/h3H,2,4H2,1H3,(H,7,8). The Hall–Kier alpha value is -0.790. The van der Waals surface area contributed by atoms with Crippen molar-refractivity contribution >= 4 is 5.91 Å². The van der Waals surface area contributed by atoms with Crippen molar-refractivity contribution in [2.75, 3.05) is 0 Å². The van der Waals surface area contributed by atoms with E-state index in [1.54, 1.807) is 0 Å². The van der Waals surface area contributed by atoms with Gasteiger partial charge in [-0.1, -0.05) is 6.08 Å². The average Bonchev–Trinajstić information content (AvgIpc) is 1.64. The highest BCUT2D eigenvalue weighted by atomic mass is 16.1. The SMILES string of the molecule is CC1=CCCC(=O)N1. The quantitative estimate of drug-likeness (QED) is 0.492. The first-order chi connectivity index (χ1) is 3.79. The molecule has 0 radical (unpaired) electrons.